The molecule has 0 unspecified atom stereocenters. The lowest BCUT2D eigenvalue weighted by Gasteiger charge is -2.30. The summed E-state index contributed by atoms with van der Waals surface area (Å²) in [5, 5.41) is 2.69. The van der Waals surface area contributed by atoms with Crippen LogP contribution in [0.1, 0.15) is 35.6 Å². The summed E-state index contributed by atoms with van der Waals surface area (Å²) < 4.78 is 0. The average molecular weight is 352 g/mol. The second kappa shape index (κ2) is 9.18. The first-order valence-corrected chi connectivity index (χ1v) is 9.07. The lowest BCUT2D eigenvalue weighted by Crippen LogP contribution is -2.48. The van der Waals surface area contributed by atoms with Gasteiger partial charge < -0.3 is 10.2 Å². The van der Waals surface area contributed by atoms with Gasteiger partial charge in [-0.25, -0.2) is 0 Å². The number of rotatable bonds is 7. The van der Waals surface area contributed by atoms with Crippen molar-refractivity contribution in [2.75, 3.05) is 7.05 Å². The van der Waals surface area contributed by atoms with Crippen LogP contribution in [0, 0.1) is 13.8 Å². The van der Waals surface area contributed by atoms with Crippen LogP contribution in [-0.2, 0) is 22.6 Å². The number of likely N-dealkylation sites (N-methyl/N-ethyl adjacent to an activating group) is 1. The predicted molar refractivity (Wildman–Crippen MR) is 105 cm³/mol. The molecule has 2 amide bonds. The lowest BCUT2D eigenvalue weighted by molar-refractivity contribution is -0.140. The third kappa shape index (κ3) is 4.94. The summed E-state index contributed by atoms with van der Waals surface area (Å²) in [6.45, 7) is 6.40. The maximum Gasteiger partial charge on any atom is 0.242 e. The minimum Gasteiger partial charge on any atom is -0.357 e. The second-order valence-electron chi connectivity index (χ2n) is 6.65. The number of nitrogens with zero attached hydrogens (tertiary/aromatic N) is 1. The van der Waals surface area contributed by atoms with Crippen LogP contribution in [-0.4, -0.2) is 29.8 Å². The van der Waals surface area contributed by atoms with E-state index in [1.54, 1.807) is 11.9 Å². The van der Waals surface area contributed by atoms with E-state index in [1.807, 2.05) is 69.3 Å². The molecule has 0 saturated heterocycles. The van der Waals surface area contributed by atoms with E-state index in [-0.39, 0.29) is 11.8 Å². The maximum absolute atomic E-state index is 13.1. The van der Waals surface area contributed by atoms with Crippen LogP contribution in [0.15, 0.2) is 48.5 Å². The fraction of sp³-hybridized carbons (Fsp3) is 0.364. The SMILES string of the molecule is CC[C@H](C(=O)NC)N(Cc1ccc(C)cc1)C(=O)Cc1ccccc1C. The van der Waals surface area contributed by atoms with Crippen molar-refractivity contribution < 1.29 is 9.59 Å². The number of aryl methyl sites for hydroxylation is 2. The lowest BCUT2D eigenvalue weighted by atomic mass is 10.0. The van der Waals surface area contributed by atoms with Gasteiger partial charge in [0, 0.05) is 13.6 Å². The van der Waals surface area contributed by atoms with Gasteiger partial charge in [-0.15, -0.1) is 0 Å². The maximum atomic E-state index is 13.1. The summed E-state index contributed by atoms with van der Waals surface area (Å²) in [6, 6.07) is 15.5. The monoisotopic (exact) mass is 352 g/mol. The molecule has 0 aliphatic carbocycles. The Balaban J connectivity index is 2.29. The van der Waals surface area contributed by atoms with Crippen molar-refractivity contribution in [3.8, 4) is 0 Å². The van der Waals surface area contributed by atoms with E-state index in [4.69, 9.17) is 0 Å². The molecule has 1 atom stereocenters. The van der Waals surface area contributed by atoms with Gasteiger partial charge in [0.05, 0.1) is 6.42 Å². The van der Waals surface area contributed by atoms with E-state index in [1.165, 1.54) is 5.56 Å². The molecule has 2 rings (SSSR count). The molecule has 138 valence electrons. The molecular formula is C22H28N2O2. The zero-order chi connectivity index (χ0) is 19.1. The van der Waals surface area contributed by atoms with Gasteiger partial charge in [0.2, 0.25) is 11.8 Å². The van der Waals surface area contributed by atoms with Gasteiger partial charge in [-0.3, -0.25) is 9.59 Å². The van der Waals surface area contributed by atoms with Crippen LogP contribution in [0.4, 0.5) is 0 Å². The van der Waals surface area contributed by atoms with Gasteiger partial charge >= 0.3 is 0 Å². The fourth-order valence-corrected chi connectivity index (χ4v) is 3.05. The Morgan fingerprint density at radius 2 is 1.69 bits per heavy atom. The first-order valence-electron chi connectivity index (χ1n) is 9.07. The zero-order valence-electron chi connectivity index (χ0n) is 16.1. The van der Waals surface area contributed by atoms with Crippen molar-refractivity contribution in [2.45, 2.75) is 46.2 Å². The summed E-state index contributed by atoms with van der Waals surface area (Å²) in [5.74, 6) is -0.159. The van der Waals surface area contributed by atoms with Crippen molar-refractivity contribution in [3.05, 3.63) is 70.8 Å². The van der Waals surface area contributed by atoms with Crippen LogP contribution in [0.5, 0.6) is 0 Å². The quantitative estimate of drug-likeness (QED) is 0.830. The highest BCUT2D eigenvalue weighted by molar-refractivity contribution is 5.88. The number of nitrogens with one attached hydrogen (secondary N) is 1. The van der Waals surface area contributed by atoms with Crippen molar-refractivity contribution in [1.29, 1.82) is 0 Å². The Labute approximate surface area is 156 Å². The minimum atomic E-state index is -0.474. The minimum absolute atomic E-state index is 0.0321. The summed E-state index contributed by atoms with van der Waals surface area (Å²) in [4.78, 5) is 27.2. The van der Waals surface area contributed by atoms with E-state index in [2.05, 4.69) is 5.32 Å². The molecule has 1 N–H and O–H groups in total. The molecule has 0 aliphatic rings. The van der Waals surface area contributed by atoms with Crippen molar-refractivity contribution in [3.63, 3.8) is 0 Å². The Hall–Kier alpha value is -2.62. The van der Waals surface area contributed by atoms with E-state index in [0.29, 0.717) is 19.4 Å². The number of carbonyl (C=O) groups excluding carboxylic acids is 2. The van der Waals surface area contributed by atoms with E-state index >= 15 is 0 Å². The van der Waals surface area contributed by atoms with Gasteiger partial charge in [-0.1, -0.05) is 61.0 Å². The van der Waals surface area contributed by atoms with Crippen molar-refractivity contribution >= 4 is 11.8 Å². The molecule has 4 heteroatoms. The standard InChI is InChI=1S/C22H28N2O2/c1-5-20(22(26)23-4)24(15-18-12-10-16(2)11-13-18)21(25)14-19-9-7-6-8-17(19)3/h6-13,20H,5,14-15H2,1-4H3,(H,23,26)/t20-/m1/s1. The molecule has 0 heterocycles. The molecule has 0 radical (unpaired) electrons. The van der Waals surface area contributed by atoms with Gasteiger partial charge in [0.15, 0.2) is 0 Å². The Bertz CT molecular complexity index is 753. The first kappa shape index (κ1) is 19.7. The molecule has 26 heavy (non-hydrogen) atoms. The van der Waals surface area contributed by atoms with Crippen LogP contribution < -0.4 is 5.32 Å². The third-order valence-electron chi connectivity index (χ3n) is 4.71. The summed E-state index contributed by atoms with van der Waals surface area (Å²) in [5.41, 5.74) is 4.28. The molecule has 0 aromatic heterocycles. The van der Waals surface area contributed by atoms with Crippen LogP contribution in [0.25, 0.3) is 0 Å². The second-order valence-corrected chi connectivity index (χ2v) is 6.65. The topological polar surface area (TPSA) is 49.4 Å². The highest BCUT2D eigenvalue weighted by atomic mass is 16.2. The molecule has 2 aromatic carbocycles. The molecule has 0 fully saturated rings. The summed E-state index contributed by atoms with van der Waals surface area (Å²) in [6.07, 6.45) is 0.872. The number of hydrogen-bond acceptors (Lipinski definition) is 2. The Kier molecular flexibility index (Phi) is 6.96. The highest BCUT2D eigenvalue weighted by Crippen LogP contribution is 2.16. The van der Waals surface area contributed by atoms with Crippen molar-refractivity contribution in [2.24, 2.45) is 0 Å². The summed E-state index contributed by atoms with van der Waals surface area (Å²) in [7, 11) is 1.61. The fourth-order valence-electron chi connectivity index (χ4n) is 3.05. The zero-order valence-corrected chi connectivity index (χ0v) is 16.1. The van der Waals surface area contributed by atoms with E-state index in [0.717, 1.165) is 16.7 Å². The predicted octanol–water partition coefficient (Wildman–Crippen LogP) is 3.40. The van der Waals surface area contributed by atoms with Gasteiger partial charge in [-0.05, 0) is 37.0 Å². The highest BCUT2D eigenvalue weighted by Gasteiger charge is 2.28. The molecule has 0 saturated carbocycles. The number of hydrogen-bond donors (Lipinski definition) is 1. The van der Waals surface area contributed by atoms with Gasteiger partial charge in [0.1, 0.15) is 6.04 Å². The van der Waals surface area contributed by atoms with Gasteiger partial charge in [0.25, 0.3) is 0 Å². The normalized spacial score (nSPS) is 11.7. The number of benzene rings is 2. The largest absolute Gasteiger partial charge is 0.357 e. The summed E-state index contributed by atoms with van der Waals surface area (Å²) >= 11 is 0. The molecule has 2 aromatic rings. The molecule has 0 aliphatic heterocycles. The van der Waals surface area contributed by atoms with E-state index in [9.17, 15) is 9.59 Å². The number of carbonyl (C=O) groups is 2. The Morgan fingerprint density at radius 1 is 1.04 bits per heavy atom. The van der Waals surface area contributed by atoms with Crippen molar-refractivity contribution in [1.82, 2.24) is 10.2 Å². The molecule has 4 nitrogen and oxygen atoms in total. The first-order chi connectivity index (χ1) is 12.5. The Morgan fingerprint density at radius 3 is 2.27 bits per heavy atom. The number of amides is 2. The van der Waals surface area contributed by atoms with E-state index < -0.39 is 6.04 Å². The third-order valence-corrected chi connectivity index (χ3v) is 4.71. The van der Waals surface area contributed by atoms with Crippen LogP contribution >= 0.6 is 0 Å². The molecule has 0 spiro atoms. The smallest absolute Gasteiger partial charge is 0.242 e. The van der Waals surface area contributed by atoms with Crippen LogP contribution in [0.3, 0.4) is 0 Å². The average Bonchev–Trinajstić information content (AvgIpc) is 2.64. The van der Waals surface area contributed by atoms with Crippen LogP contribution in [0.2, 0.25) is 0 Å². The van der Waals surface area contributed by atoms with Gasteiger partial charge in [-0.2, -0.15) is 0 Å². The molecular weight excluding hydrogens is 324 g/mol. The molecule has 0 bridgehead atoms.